The molecule has 1 heterocycles. The normalized spacial score (nSPS) is 16.5. The summed E-state index contributed by atoms with van der Waals surface area (Å²) in [7, 11) is 0. The molecule has 1 aromatic carbocycles. The first kappa shape index (κ1) is 13.8. The summed E-state index contributed by atoms with van der Waals surface area (Å²) in [6, 6.07) is 7.59. The molecule has 2 rings (SSSR count). The van der Waals surface area contributed by atoms with Gasteiger partial charge < -0.3 is 5.32 Å². The lowest BCUT2D eigenvalue weighted by molar-refractivity contribution is -0.122. The molecule has 0 spiro atoms. The average Bonchev–Trinajstić information content (AvgIpc) is 2.39. The molecule has 1 N–H and O–H groups in total. The minimum Gasteiger partial charge on any atom is -0.352 e. The molecule has 0 unspecified atom stereocenters. The molecule has 2 nitrogen and oxygen atoms in total. The van der Waals surface area contributed by atoms with Crippen LogP contribution in [0.5, 0.6) is 0 Å². The summed E-state index contributed by atoms with van der Waals surface area (Å²) >= 11 is 7.81. The van der Waals surface area contributed by atoms with Crippen LogP contribution >= 0.6 is 23.4 Å². The van der Waals surface area contributed by atoms with E-state index in [4.69, 9.17) is 11.6 Å². The van der Waals surface area contributed by atoms with Gasteiger partial charge in [0, 0.05) is 18.0 Å². The van der Waals surface area contributed by atoms with E-state index in [-0.39, 0.29) is 5.91 Å². The number of thioether (sulfide) groups is 1. The molecule has 98 valence electrons. The monoisotopic (exact) mass is 283 g/mol. The van der Waals surface area contributed by atoms with Gasteiger partial charge in [-0.05, 0) is 48.0 Å². The van der Waals surface area contributed by atoms with E-state index in [2.05, 4.69) is 5.32 Å². The van der Waals surface area contributed by atoms with Crippen molar-refractivity contribution in [3.63, 3.8) is 0 Å². The lowest BCUT2D eigenvalue weighted by Gasteiger charge is -2.20. The van der Waals surface area contributed by atoms with Crippen LogP contribution in [0.2, 0.25) is 5.02 Å². The van der Waals surface area contributed by atoms with Crippen LogP contribution < -0.4 is 5.32 Å². The minimum absolute atomic E-state index is 0.168. The number of hydrogen-bond donors (Lipinski definition) is 1. The van der Waals surface area contributed by atoms with Crippen molar-refractivity contribution in [1.82, 2.24) is 5.32 Å². The number of halogens is 1. The van der Waals surface area contributed by atoms with Gasteiger partial charge in [-0.15, -0.1) is 0 Å². The summed E-state index contributed by atoms with van der Waals surface area (Å²) in [5.41, 5.74) is 1.09. The van der Waals surface area contributed by atoms with Crippen molar-refractivity contribution in [3.8, 4) is 0 Å². The van der Waals surface area contributed by atoms with Crippen molar-refractivity contribution in [2.45, 2.75) is 25.8 Å². The molecule has 1 aliphatic rings. The molecular weight excluding hydrogens is 266 g/mol. The molecule has 0 bridgehead atoms. The van der Waals surface area contributed by atoms with Crippen molar-refractivity contribution >= 4 is 29.3 Å². The summed E-state index contributed by atoms with van der Waals surface area (Å²) in [4.78, 5) is 11.8. The third kappa shape index (κ3) is 4.54. The van der Waals surface area contributed by atoms with E-state index < -0.39 is 0 Å². The Morgan fingerprint density at radius 2 is 1.94 bits per heavy atom. The fourth-order valence-corrected chi connectivity index (χ4v) is 3.42. The number of amides is 1. The summed E-state index contributed by atoms with van der Waals surface area (Å²) in [5.74, 6) is 3.16. The van der Waals surface area contributed by atoms with E-state index in [1.807, 2.05) is 36.0 Å². The van der Waals surface area contributed by atoms with Crippen molar-refractivity contribution in [1.29, 1.82) is 0 Å². The Bertz CT molecular complexity index is 387. The molecule has 18 heavy (non-hydrogen) atoms. The first-order valence-corrected chi connectivity index (χ1v) is 7.86. The van der Waals surface area contributed by atoms with E-state index in [0.29, 0.717) is 18.9 Å². The van der Waals surface area contributed by atoms with E-state index in [0.717, 1.165) is 10.6 Å². The zero-order valence-electron chi connectivity index (χ0n) is 10.3. The van der Waals surface area contributed by atoms with Crippen LogP contribution in [0.4, 0.5) is 0 Å². The van der Waals surface area contributed by atoms with Gasteiger partial charge in [-0.1, -0.05) is 23.7 Å². The Labute approximate surface area is 117 Å². The highest BCUT2D eigenvalue weighted by atomic mass is 35.5. The molecule has 4 heteroatoms. The second-order valence-corrected chi connectivity index (χ2v) is 6.32. The van der Waals surface area contributed by atoms with Gasteiger partial charge in [0.05, 0.1) is 0 Å². The number of nitrogens with one attached hydrogen (secondary N) is 1. The Kier molecular flexibility index (Phi) is 5.39. The molecule has 1 aliphatic heterocycles. The molecule has 0 radical (unpaired) electrons. The molecule has 1 aromatic rings. The number of benzene rings is 1. The lowest BCUT2D eigenvalue weighted by Crippen LogP contribution is -2.26. The third-order valence-electron chi connectivity index (χ3n) is 3.22. The van der Waals surface area contributed by atoms with Gasteiger partial charge in [0.25, 0.3) is 0 Å². The molecule has 0 saturated carbocycles. The first-order valence-electron chi connectivity index (χ1n) is 6.33. The molecule has 1 fully saturated rings. The molecule has 1 amide bonds. The van der Waals surface area contributed by atoms with E-state index in [1.54, 1.807) is 0 Å². The van der Waals surface area contributed by atoms with Crippen molar-refractivity contribution in [2.75, 3.05) is 11.5 Å². The highest BCUT2D eigenvalue weighted by Gasteiger charge is 2.16. The number of carbonyl (C=O) groups excluding carboxylic acids is 1. The largest absolute Gasteiger partial charge is 0.352 e. The molecular formula is C14H18ClNOS. The highest BCUT2D eigenvalue weighted by molar-refractivity contribution is 7.99. The van der Waals surface area contributed by atoms with Crippen molar-refractivity contribution < 1.29 is 4.79 Å². The minimum atomic E-state index is 0.168. The quantitative estimate of drug-likeness (QED) is 0.916. The Balaban J connectivity index is 1.72. The van der Waals surface area contributed by atoms with Gasteiger partial charge in [-0.25, -0.2) is 0 Å². The Hall–Kier alpha value is -0.670. The Morgan fingerprint density at radius 1 is 1.28 bits per heavy atom. The van der Waals surface area contributed by atoms with Crippen LogP contribution in [-0.2, 0) is 11.3 Å². The maximum atomic E-state index is 11.8. The second-order valence-electron chi connectivity index (χ2n) is 4.66. The van der Waals surface area contributed by atoms with Gasteiger partial charge in [-0.3, -0.25) is 4.79 Å². The predicted octanol–water partition coefficient (Wildman–Crippen LogP) is 3.49. The summed E-state index contributed by atoms with van der Waals surface area (Å²) in [6.07, 6.45) is 3.03. The Morgan fingerprint density at radius 3 is 2.61 bits per heavy atom. The number of hydrogen-bond acceptors (Lipinski definition) is 2. The van der Waals surface area contributed by atoms with Gasteiger partial charge in [0.2, 0.25) is 5.91 Å². The van der Waals surface area contributed by atoms with Crippen LogP contribution in [0.25, 0.3) is 0 Å². The molecule has 0 aliphatic carbocycles. The first-order chi connectivity index (χ1) is 8.74. The summed E-state index contributed by atoms with van der Waals surface area (Å²) in [5, 5.41) is 3.70. The molecule has 0 atom stereocenters. The topological polar surface area (TPSA) is 29.1 Å². The van der Waals surface area contributed by atoms with Crippen LogP contribution in [0.15, 0.2) is 24.3 Å². The number of carbonyl (C=O) groups is 1. The van der Waals surface area contributed by atoms with Crippen LogP contribution in [0.3, 0.4) is 0 Å². The van der Waals surface area contributed by atoms with Gasteiger partial charge in [-0.2, -0.15) is 11.8 Å². The average molecular weight is 284 g/mol. The van der Waals surface area contributed by atoms with Crippen molar-refractivity contribution in [3.05, 3.63) is 34.9 Å². The van der Waals surface area contributed by atoms with E-state index in [9.17, 15) is 4.79 Å². The van der Waals surface area contributed by atoms with E-state index in [1.165, 1.54) is 24.3 Å². The second kappa shape index (κ2) is 7.05. The highest BCUT2D eigenvalue weighted by Crippen LogP contribution is 2.25. The molecule has 1 saturated heterocycles. The SMILES string of the molecule is O=C(CC1CCSCC1)NCc1ccc(Cl)cc1. The fourth-order valence-electron chi connectivity index (χ4n) is 2.09. The summed E-state index contributed by atoms with van der Waals surface area (Å²) < 4.78 is 0. The molecule has 0 aromatic heterocycles. The zero-order chi connectivity index (χ0) is 12.8. The van der Waals surface area contributed by atoms with Crippen LogP contribution in [0, 0.1) is 5.92 Å². The van der Waals surface area contributed by atoms with Crippen LogP contribution in [-0.4, -0.2) is 17.4 Å². The smallest absolute Gasteiger partial charge is 0.220 e. The predicted molar refractivity (Wildman–Crippen MR) is 78.0 cm³/mol. The zero-order valence-corrected chi connectivity index (χ0v) is 11.9. The number of rotatable bonds is 4. The van der Waals surface area contributed by atoms with Gasteiger partial charge in [0.15, 0.2) is 0 Å². The maximum absolute atomic E-state index is 11.8. The summed E-state index contributed by atoms with van der Waals surface area (Å²) in [6.45, 7) is 0.595. The van der Waals surface area contributed by atoms with E-state index >= 15 is 0 Å². The lowest BCUT2D eigenvalue weighted by atomic mass is 9.98. The standard InChI is InChI=1S/C14H18ClNOS/c15-13-3-1-12(2-4-13)10-16-14(17)9-11-5-7-18-8-6-11/h1-4,11H,5-10H2,(H,16,17). The van der Waals surface area contributed by atoms with Crippen LogP contribution in [0.1, 0.15) is 24.8 Å². The van der Waals surface area contributed by atoms with Crippen molar-refractivity contribution in [2.24, 2.45) is 5.92 Å². The van der Waals surface area contributed by atoms with Gasteiger partial charge in [0.1, 0.15) is 0 Å². The third-order valence-corrected chi connectivity index (χ3v) is 4.52. The maximum Gasteiger partial charge on any atom is 0.220 e. The van der Waals surface area contributed by atoms with Gasteiger partial charge >= 0.3 is 0 Å². The fraction of sp³-hybridized carbons (Fsp3) is 0.500.